The molecule has 4 rings (SSSR count). The zero-order valence-electron chi connectivity index (χ0n) is 19.5. The second-order valence-corrected chi connectivity index (χ2v) is 10.1. The Kier molecular flexibility index (Phi) is 8.14. The number of benzene rings is 2. The number of nitrogens with one attached hydrogen (secondary N) is 1. The molecule has 192 valence electrons. The van der Waals surface area contributed by atoms with Crippen molar-refractivity contribution < 1.29 is 27.5 Å². The van der Waals surface area contributed by atoms with Gasteiger partial charge in [0.05, 0.1) is 28.6 Å². The standard InChI is InChI=1S/C25H25ClF3N3O3S/c1-2-35-18-10-8-16(9-11-18)30-24-32(17-5-3-4-6-17)23(34)21(36-24)14-22(33)31-20-13-15(25(27,28)29)7-12-19(20)26/h7-13,17,21H,2-6,14H2,1H3,(H,31,33). The van der Waals surface area contributed by atoms with Gasteiger partial charge in [0, 0.05) is 12.5 Å². The minimum atomic E-state index is -4.57. The fraction of sp³-hybridized carbons (Fsp3) is 0.400. The molecule has 11 heteroatoms. The summed E-state index contributed by atoms with van der Waals surface area (Å²) in [5.74, 6) is -0.107. The van der Waals surface area contributed by atoms with Gasteiger partial charge in [0.2, 0.25) is 11.8 Å². The van der Waals surface area contributed by atoms with Crippen LogP contribution in [0.1, 0.15) is 44.6 Å². The van der Waals surface area contributed by atoms with Crippen LogP contribution < -0.4 is 10.1 Å². The van der Waals surface area contributed by atoms with Crippen LogP contribution in [0.2, 0.25) is 5.02 Å². The third kappa shape index (κ3) is 6.15. The summed E-state index contributed by atoms with van der Waals surface area (Å²) in [6.45, 7) is 2.44. The van der Waals surface area contributed by atoms with E-state index < -0.39 is 22.9 Å². The lowest BCUT2D eigenvalue weighted by Gasteiger charge is -2.23. The first kappa shape index (κ1) is 26.3. The molecule has 0 aromatic heterocycles. The van der Waals surface area contributed by atoms with Gasteiger partial charge in [0.1, 0.15) is 11.0 Å². The van der Waals surface area contributed by atoms with E-state index in [1.54, 1.807) is 29.2 Å². The Morgan fingerprint density at radius 2 is 1.89 bits per heavy atom. The number of ether oxygens (including phenoxy) is 1. The quantitative estimate of drug-likeness (QED) is 0.427. The molecule has 1 aliphatic heterocycles. The maximum Gasteiger partial charge on any atom is 0.416 e. The van der Waals surface area contributed by atoms with Crippen molar-refractivity contribution in [3.63, 3.8) is 0 Å². The number of carbonyl (C=O) groups is 2. The summed E-state index contributed by atoms with van der Waals surface area (Å²) in [7, 11) is 0. The molecule has 1 saturated carbocycles. The highest BCUT2D eigenvalue weighted by atomic mass is 35.5. The molecule has 36 heavy (non-hydrogen) atoms. The van der Waals surface area contributed by atoms with E-state index in [0.29, 0.717) is 23.2 Å². The smallest absolute Gasteiger partial charge is 0.416 e. The van der Waals surface area contributed by atoms with Crippen molar-refractivity contribution in [3.05, 3.63) is 53.1 Å². The lowest BCUT2D eigenvalue weighted by Crippen LogP contribution is -2.40. The maximum absolute atomic E-state index is 13.3. The highest BCUT2D eigenvalue weighted by Gasteiger charge is 2.43. The Hall–Kier alpha value is -2.72. The molecule has 6 nitrogen and oxygen atoms in total. The summed E-state index contributed by atoms with van der Waals surface area (Å²) in [6.07, 6.45) is -1.07. The summed E-state index contributed by atoms with van der Waals surface area (Å²) in [6, 6.07) is 9.92. The van der Waals surface area contributed by atoms with Gasteiger partial charge in [-0.25, -0.2) is 4.99 Å². The van der Waals surface area contributed by atoms with E-state index in [1.807, 2.05) is 6.92 Å². The van der Waals surface area contributed by atoms with Gasteiger partial charge in [-0.15, -0.1) is 0 Å². The van der Waals surface area contributed by atoms with Gasteiger partial charge in [-0.2, -0.15) is 13.2 Å². The van der Waals surface area contributed by atoms with Crippen molar-refractivity contribution in [3.8, 4) is 5.75 Å². The average molecular weight is 540 g/mol. The van der Waals surface area contributed by atoms with Gasteiger partial charge >= 0.3 is 6.18 Å². The highest BCUT2D eigenvalue weighted by Crippen LogP contribution is 2.38. The third-order valence-electron chi connectivity index (χ3n) is 5.97. The molecule has 1 heterocycles. The van der Waals surface area contributed by atoms with Gasteiger partial charge < -0.3 is 10.1 Å². The van der Waals surface area contributed by atoms with Gasteiger partial charge in [-0.1, -0.05) is 36.2 Å². The number of thioether (sulfide) groups is 1. The zero-order chi connectivity index (χ0) is 25.9. The van der Waals surface area contributed by atoms with Gasteiger partial charge in [-0.05, 0) is 62.2 Å². The molecule has 0 bridgehead atoms. The molecule has 0 spiro atoms. The van der Waals surface area contributed by atoms with Gasteiger partial charge in [0.15, 0.2) is 5.17 Å². The summed E-state index contributed by atoms with van der Waals surface area (Å²) in [5.41, 5.74) is -0.425. The summed E-state index contributed by atoms with van der Waals surface area (Å²) in [4.78, 5) is 32.4. The SMILES string of the molecule is CCOc1ccc(N=C2SC(CC(=O)Nc3cc(C(F)(F)F)ccc3Cl)C(=O)N2C2CCCC2)cc1. The molecule has 1 atom stereocenters. The van der Waals surface area contributed by atoms with E-state index in [0.717, 1.165) is 43.9 Å². The lowest BCUT2D eigenvalue weighted by atomic mass is 10.1. The molecule has 1 aliphatic carbocycles. The fourth-order valence-electron chi connectivity index (χ4n) is 4.25. The maximum atomic E-state index is 13.3. The number of aliphatic imine (C=N–C) groups is 1. The number of nitrogens with zero attached hydrogens (tertiary/aromatic N) is 2. The molecule has 1 N–H and O–H groups in total. The van der Waals surface area contributed by atoms with Crippen LogP contribution in [0.3, 0.4) is 0 Å². The first-order valence-electron chi connectivity index (χ1n) is 11.6. The Balaban J connectivity index is 1.51. The number of hydrogen-bond acceptors (Lipinski definition) is 5. The monoisotopic (exact) mass is 539 g/mol. The van der Waals surface area contributed by atoms with Crippen LogP contribution in [-0.4, -0.2) is 39.8 Å². The minimum Gasteiger partial charge on any atom is -0.494 e. The van der Waals surface area contributed by atoms with Crippen LogP contribution in [0, 0.1) is 0 Å². The molecule has 2 aromatic carbocycles. The first-order chi connectivity index (χ1) is 17.2. The normalized spacial score (nSPS) is 19.8. The average Bonchev–Trinajstić information content (AvgIpc) is 3.44. The molecule has 2 aliphatic rings. The molecule has 1 unspecified atom stereocenters. The number of alkyl halides is 3. The fourth-order valence-corrected chi connectivity index (χ4v) is 5.63. The van der Waals surface area contributed by atoms with Crippen LogP contribution in [0.4, 0.5) is 24.5 Å². The van der Waals surface area contributed by atoms with Gasteiger partial charge in [0.25, 0.3) is 0 Å². The third-order valence-corrected chi connectivity index (χ3v) is 7.45. The van der Waals surface area contributed by atoms with E-state index >= 15 is 0 Å². The second-order valence-electron chi connectivity index (χ2n) is 8.52. The summed E-state index contributed by atoms with van der Waals surface area (Å²) < 4.78 is 44.6. The molecule has 2 fully saturated rings. The molecule has 2 amide bonds. The van der Waals surface area contributed by atoms with E-state index in [-0.39, 0.29) is 29.1 Å². The Labute approximate surface area is 216 Å². The summed E-state index contributed by atoms with van der Waals surface area (Å²) >= 11 is 7.19. The number of amides is 2. The van der Waals surface area contributed by atoms with Crippen molar-refractivity contribution in [2.75, 3.05) is 11.9 Å². The molecule has 1 saturated heterocycles. The number of halogens is 4. The molecular formula is C25H25ClF3N3O3S. The predicted molar refractivity (Wildman–Crippen MR) is 135 cm³/mol. The number of carbonyl (C=O) groups excluding carboxylic acids is 2. The van der Waals surface area contributed by atoms with E-state index in [9.17, 15) is 22.8 Å². The molecular weight excluding hydrogens is 515 g/mol. The highest BCUT2D eigenvalue weighted by molar-refractivity contribution is 8.15. The van der Waals surface area contributed by atoms with Crippen molar-refractivity contribution in [1.82, 2.24) is 4.90 Å². The van der Waals surface area contributed by atoms with E-state index in [4.69, 9.17) is 16.3 Å². The van der Waals surface area contributed by atoms with Crippen LogP contribution in [-0.2, 0) is 15.8 Å². The molecule has 0 radical (unpaired) electrons. The Bertz CT molecular complexity index is 1150. The number of rotatable bonds is 7. The number of amidine groups is 1. The zero-order valence-corrected chi connectivity index (χ0v) is 21.1. The largest absolute Gasteiger partial charge is 0.494 e. The van der Waals surface area contributed by atoms with E-state index in [1.165, 1.54) is 11.8 Å². The predicted octanol–water partition coefficient (Wildman–Crippen LogP) is 6.66. The van der Waals surface area contributed by atoms with E-state index in [2.05, 4.69) is 10.3 Å². The topological polar surface area (TPSA) is 71.0 Å². The van der Waals surface area contributed by atoms with Crippen molar-refractivity contribution in [1.29, 1.82) is 0 Å². The van der Waals surface area contributed by atoms with Crippen LogP contribution >= 0.6 is 23.4 Å². The minimum absolute atomic E-state index is 0.0115. The number of anilines is 1. The van der Waals surface area contributed by atoms with Crippen molar-refractivity contribution in [2.24, 2.45) is 4.99 Å². The first-order valence-corrected chi connectivity index (χ1v) is 12.9. The Morgan fingerprint density at radius 3 is 2.53 bits per heavy atom. The van der Waals surface area contributed by atoms with Crippen molar-refractivity contribution in [2.45, 2.75) is 56.5 Å². The Morgan fingerprint density at radius 1 is 1.19 bits per heavy atom. The summed E-state index contributed by atoms with van der Waals surface area (Å²) in [5, 5.41) is 2.19. The van der Waals surface area contributed by atoms with Crippen LogP contribution in [0.5, 0.6) is 5.75 Å². The van der Waals surface area contributed by atoms with Gasteiger partial charge in [-0.3, -0.25) is 14.5 Å². The van der Waals surface area contributed by atoms with Crippen molar-refractivity contribution >= 4 is 51.7 Å². The number of hydrogen-bond donors (Lipinski definition) is 1. The van der Waals surface area contributed by atoms with Crippen LogP contribution in [0.25, 0.3) is 0 Å². The lowest BCUT2D eigenvalue weighted by molar-refractivity contribution is -0.137. The second kappa shape index (κ2) is 11.1. The van der Waals surface area contributed by atoms with Crippen LogP contribution in [0.15, 0.2) is 47.5 Å². The molecule has 2 aromatic rings.